The minimum Gasteiger partial charge on any atom is -0.387 e. The normalized spacial score (nSPS) is 31.6. The van der Waals surface area contributed by atoms with Crippen LogP contribution in [-0.4, -0.2) is 29.2 Å². The molecule has 3 nitrogen and oxygen atoms in total. The van der Waals surface area contributed by atoms with E-state index in [9.17, 15) is 5.11 Å². The van der Waals surface area contributed by atoms with Crippen LogP contribution >= 0.6 is 0 Å². The van der Waals surface area contributed by atoms with Gasteiger partial charge in [-0.3, -0.25) is 0 Å². The number of hydrogen-bond acceptors (Lipinski definition) is 3. The highest BCUT2D eigenvalue weighted by atomic mass is 16.7. The Labute approximate surface area is 104 Å². The van der Waals surface area contributed by atoms with Gasteiger partial charge in [0.2, 0.25) is 0 Å². The van der Waals surface area contributed by atoms with Crippen LogP contribution in [0.2, 0.25) is 0 Å². The van der Waals surface area contributed by atoms with E-state index >= 15 is 0 Å². The Bertz CT molecular complexity index is 244. The molecule has 0 aromatic rings. The van der Waals surface area contributed by atoms with Crippen molar-refractivity contribution in [3.63, 3.8) is 0 Å². The lowest BCUT2D eigenvalue weighted by Gasteiger charge is -2.34. The number of aliphatic hydroxyl groups is 1. The van der Waals surface area contributed by atoms with Crippen LogP contribution in [0.1, 0.15) is 65.2 Å². The summed E-state index contributed by atoms with van der Waals surface area (Å²) in [5, 5.41) is 10.5. The predicted molar refractivity (Wildman–Crippen MR) is 66.8 cm³/mol. The summed E-state index contributed by atoms with van der Waals surface area (Å²) < 4.78 is 12.0. The van der Waals surface area contributed by atoms with Gasteiger partial charge in [-0.15, -0.1) is 0 Å². The standard InChI is InChI=1S/C14H26O3/c1-3-4-8-13(2,15)12-11-16-14(17-12)9-6-5-7-10-14/h12,15H,3-11H2,1-2H3/t12-,13-/m1/s1. The Balaban J connectivity index is 1.91. The van der Waals surface area contributed by atoms with E-state index in [0.717, 1.165) is 32.1 Å². The van der Waals surface area contributed by atoms with Crippen molar-refractivity contribution < 1.29 is 14.6 Å². The predicted octanol–water partition coefficient (Wildman–Crippen LogP) is 3.00. The second-order valence-corrected chi connectivity index (χ2v) is 5.85. The van der Waals surface area contributed by atoms with Crippen molar-refractivity contribution in [2.75, 3.05) is 6.61 Å². The van der Waals surface area contributed by atoms with Gasteiger partial charge in [-0.2, -0.15) is 0 Å². The quantitative estimate of drug-likeness (QED) is 0.823. The molecule has 0 unspecified atom stereocenters. The van der Waals surface area contributed by atoms with Gasteiger partial charge in [0, 0.05) is 12.8 Å². The third kappa shape index (κ3) is 3.01. The third-order valence-electron chi connectivity index (χ3n) is 4.20. The first-order valence-corrected chi connectivity index (χ1v) is 7.12. The highest BCUT2D eigenvalue weighted by Gasteiger charge is 2.47. The second kappa shape index (κ2) is 5.25. The molecule has 1 saturated heterocycles. The highest BCUT2D eigenvalue weighted by molar-refractivity contribution is 4.91. The smallest absolute Gasteiger partial charge is 0.169 e. The van der Waals surface area contributed by atoms with Gasteiger partial charge in [-0.05, 0) is 26.2 Å². The van der Waals surface area contributed by atoms with Crippen LogP contribution in [0.5, 0.6) is 0 Å². The molecule has 2 rings (SSSR count). The molecule has 0 aromatic heterocycles. The summed E-state index contributed by atoms with van der Waals surface area (Å²) in [7, 11) is 0. The van der Waals surface area contributed by atoms with Crippen molar-refractivity contribution >= 4 is 0 Å². The average molecular weight is 242 g/mol. The zero-order chi connectivity index (χ0) is 12.4. The van der Waals surface area contributed by atoms with Gasteiger partial charge in [0.1, 0.15) is 6.10 Å². The lowest BCUT2D eigenvalue weighted by Crippen LogP contribution is -2.43. The molecule has 1 saturated carbocycles. The zero-order valence-corrected chi connectivity index (χ0v) is 11.2. The molecule has 0 aromatic carbocycles. The summed E-state index contributed by atoms with van der Waals surface area (Å²) in [6.07, 6.45) is 8.44. The molecule has 2 fully saturated rings. The van der Waals surface area contributed by atoms with Gasteiger partial charge >= 0.3 is 0 Å². The molecular weight excluding hydrogens is 216 g/mol. The molecule has 0 amide bonds. The SMILES string of the molecule is CCCC[C@@](C)(O)[C@H]1COC2(CCCCC2)O1. The van der Waals surface area contributed by atoms with Crippen LogP contribution < -0.4 is 0 Å². The first-order valence-electron chi connectivity index (χ1n) is 7.12. The Morgan fingerprint density at radius 1 is 1.29 bits per heavy atom. The highest BCUT2D eigenvalue weighted by Crippen LogP contribution is 2.40. The van der Waals surface area contributed by atoms with Crippen LogP contribution in [0.25, 0.3) is 0 Å². The van der Waals surface area contributed by atoms with Gasteiger partial charge in [-0.1, -0.05) is 26.2 Å². The van der Waals surface area contributed by atoms with E-state index < -0.39 is 5.60 Å². The first kappa shape index (κ1) is 13.3. The van der Waals surface area contributed by atoms with E-state index in [1.54, 1.807) is 0 Å². The number of ether oxygens (including phenoxy) is 2. The van der Waals surface area contributed by atoms with Gasteiger partial charge in [-0.25, -0.2) is 0 Å². The van der Waals surface area contributed by atoms with Crippen molar-refractivity contribution in [2.45, 2.75) is 82.7 Å². The number of rotatable bonds is 4. The molecule has 1 heterocycles. The lowest BCUT2D eigenvalue weighted by atomic mass is 9.92. The summed E-state index contributed by atoms with van der Waals surface area (Å²) >= 11 is 0. The largest absolute Gasteiger partial charge is 0.387 e. The first-order chi connectivity index (χ1) is 8.08. The summed E-state index contributed by atoms with van der Waals surface area (Å²) in [5.41, 5.74) is -0.739. The molecule has 17 heavy (non-hydrogen) atoms. The van der Waals surface area contributed by atoms with Gasteiger partial charge in [0.05, 0.1) is 12.2 Å². The summed E-state index contributed by atoms with van der Waals surface area (Å²) in [5.74, 6) is -0.362. The molecule has 2 atom stereocenters. The van der Waals surface area contributed by atoms with Crippen molar-refractivity contribution in [2.24, 2.45) is 0 Å². The summed E-state index contributed by atoms with van der Waals surface area (Å²) in [6, 6.07) is 0. The van der Waals surface area contributed by atoms with E-state index in [1.165, 1.54) is 19.3 Å². The molecule has 1 aliphatic heterocycles. The molecule has 0 radical (unpaired) electrons. The Morgan fingerprint density at radius 2 is 2.00 bits per heavy atom. The van der Waals surface area contributed by atoms with E-state index in [-0.39, 0.29) is 11.9 Å². The van der Waals surface area contributed by atoms with Gasteiger partial charge in [0.15, 0.2) is 5.79 Å². The van der Waals surface area contributed by atoms with E-state index in [1.807, 2.05) is 6.92 Å². The zero-order valence-electron chi connectivity index (χ0n) is 11.2. The van der Waals surface area contributed by atoms with Crippen molar-refractivity contribution in [1.82, 2.24) is 0 Å². The Kier molecular flexibility index (Phi) is 4.11. The van der Waals surface area contributed by atoms with E-state index in [2.05, 4.69) is 6.92 Å². The third-order valence-corrected chi connectivity index (χ3v) is 4.20. The molecule has 0 bridgehead atoms. The van der Waals surface area contributed by atoms with Crippen molar-refractivity contribution in [1.29, 1.82) is 0 Å². The molecule has 2 aliphatic rings. The van der Waals surface area contributed by atoms with E-state index in [0.29, 0.717) is 6.61 Å². The minimum absolute atomic E-state index is 0.146. The molecular formula is C14H26O3. The van der Waals surface area contributed by atoms with Crippen molar-refractivity contribution in [3.8, 4) is 0 Å². The van der Waals surface area contributed by atoms with Gasteiger partial charge in [0.25, 0.3) is 0 Å². The fourth-order valence-corrected chi connectivity index (χ4v) is 2.91. The fraction of sp³-hybridized carbons (Fsp3) is 1.00. The van der Waals surface area contributed by atoms with Crippen molar-refractivity contribution in [3.05, 3.63) is 0 Å². The average Bonchev–Trinajstić information content (AvgIpc) is 2.72. The topological polar surface area (TPSA) is 38.7 Å². The van der Waals surface area contributed by atoms with Crippen LogP contribution in [0.3, 0.4) is 0 Å². The van der Waals surface area contributed by atoms with Crippen LogP contribution in [-0.2, 0) is 9.47 Å². The maximum Gasteiger partial charge on any atom is 0.169 e. The van der Waals surface area contributed by atoms with Crippen LogP contribution in [0.15, 0.2) is 0 Å². The molecule has 100 valence electrons. The minimum atomic E-state index is -0.739. The molecule has 1 spiro atoms. The van der Waals surface area contributed by atoms with Crippen LogP contribution in [0.4, 0.5) is 0 Å². The monoisotopic (exact) mass is 242 g/mol. The second-order valence-electron chi connectivity index (χ2n) is 5.85. The summed E-state index contributed by atoms with van der Waals surface area (Å²) in [6.45, 7) is 4.58. The number of unbranched alkanes of at least 4 members (excludes halogenated alkanes) is 1. The lowest BCUT2D eigenvalue weighted by molar-refractivity contribution is -0.206. The molecule has 3 heteroatoms. The van der Waals surface area contributed by atoms with Gasteiger partial charge < -0.3 is 14.6 Å². The fourth-order valence-electron chi connectivity index (χ4n) is 2.91. The Morgan fingerprint density at radius 3 is 2.65 bits per heavy atom. The molecule has 1 aliphatic carbocycles. The maximum atomic E-state index is 10.5. The number of hydrogen-bond donors (Lipinski definition) is 1. The Hall–Kier alpha value is -0.120. The molecule has 1 N–H and O–H groups in total. The van der Waals surface area contributed by atoms with E-state index in [4.69, 9.17) is 9.47 Å². The maximum absolute atomic E-state index is 10.5. The van der Waals surface area contributed by atoms with Crippen LogP contribution in [0, 0.1) is 0 Å². The summed E-state index contributed by atoms with van der Waals surface area (Å²) in [4.78, 5) is 0.